The third-order valence-corrected chi connectivity index (χ3v) is 3.58. The Labute approximate surface area is 138 Å². The number of rotatable bonds is 2. The van der Waals surface area contributed by atoms with Crippen molar-refractivity contribution in [2.24, 2.45) is 4.99 Å². The smallest absolute Gasteiger partial charge is 0.266 e. The fraction of sp³-hybridized carbons (Fsp3) is 0. The second kappa shape index (κ2) is 5.92. The molecule has 0 aliphatic carbocycles. The number of hydrogen-bond acceptors (Lipinski definition) is 4. The minimum atomic E-state index is -0.199. The molecule has 0 N–H and O–H groups in total. The van der Waals surface area contributed by atoms with E-state index in [-0.39, 0.29) is 5.91 Å². The highest BCUT2D eigenvalue weighted by Crippen LogP contribution is 2.25. The maximum Gasteiger partial charge on any atom is 0.283 e. The zero-order valence-electron chi connectivity index (χ0n) is 12.6. The minimum absolute atomic E-state index is 0.199. The molecule has 0 fully saturated rings. The van der Waals surface area contributed by atoms with E-state index in [0.29, 0.717) is 11.7 Å². The number of hydrogen-bond donors (Lipinski definition) is 0. The third kappa shape index (κ3) is 2.50. The molecular weight excluding hydrogens is 302 g/mol. The second-order valence-corrected chi connectivity index (χ2v) is 5.17. The van der Waals surface area contributed by atoms with E-state index in [1.807, 2.05) is 60.7 Å². The first-order valence-electron chi connectivity index (χ1n) is 7.43. The summed E-state index contributed by atoms with van der Waals surface area (Å²) in [6, 6.07) is 19.0. The van der Waals surface area contributed by atoms with Crippen LogP contribution in [0.3, 0.4) is 0 Å². The van der Waals surface area contributed by atoms with Gasteiger partial charge in [0.2, 0.25) is 5.96 Å². The SMILES string of the molecule is O=C1/C(=C/c2ccccc2)N=C(n2cncn2)N1c1ccccc1. The summed E-state index contributed by atoms with van der Waals surface area (Å²) in [6.07, 6.45) is 4.70. The molecule has 0 bridgehead atoms. The Kier molecular flexibility index (Phi) is 3.47. The van der Waals surface area contributed by atoms with Gasteiger partial charge in [0.05, 0.1) is 5.69 Å². The zero-order chi connectivity index (χ0) is 16.4. The summed E-state index contributed by atoms with van der Waals surface area (Å²) in [6.45, 7) is 0. The van der Waals surface area contributed by atoms with E-state index >= 15 is 0 Å². The van der Waals surface area contributed by atoms with Crippen molar-refractivity contribution >= 4 is 23.6 Å². The average molecular weight is 315 g/mol. The zero-order valence-corrected chi connectivity index (χ0v) is 12.6. The van der Waals surface area contributed by atoms with Crippen molar-refractivity contribution in [3.63, 3.8) is 0 Å². The monoisotopic (exact) mass is 315 g/mol. The first-order valence-corrected chi connectivity index (χ1v) is 7.43. The van der Waals surface area contributed by atoms with Gasteiger partial charge in [-0.2, -0.15) is 9.78 Å². The second-order valence-electron chi connectivity index (χ2n) is 5.17. The molecule has 116 valence electrons. The molecule has 0 saturated carbocycles. The fourth-order valence-electron chi connectivity index (χ4n) is 2.49. The van der Waals surface area contributed by atoms with Crippen LogP contribution in [0.25, 0.3) is 6.08 Å². The van der Waals surface area contributed by atoms with Gasteiger partial charge in [0.15, 0.2) is 0 Å². The number of benzene rings is 2. The highest BCUT2D eigenvalue weighted by atomic mass is 16.2. The van der Waals surface area contributed by atoms with Crippen LogP contribution in [0.4, 0.5) is 5.69 Å². The molecule has 4 rings (SSSR count). The van der Waals surface area contributed by atoms with Crippen LogP contribution in [0, 0.1) is 0 Å². The molecule has 2 aromatic carbocycles. The Morgan fingerprint density at radius 1 is 0.917 bits per heavy atom. The van der Waals surface area contributed by atoms with Crippen molar-refractivity contribution in [1.29, 1.82) is 0 Å². The molecule has 6 heteroatoms. The summed E-state index contributed by atoms with van der Waals surface area (Å²) in [7, 11) is 0. The van der Waals surface area contributed by atoms with Crippen LogP contribution < -0.4 is 4.90 Å². The van der Waals surface area contributed by atoms with Crippen molar-refractivity contribution in [1.82, 2.24) is 14.8 Å². The summed E-state index contributed by atoms with van der Waals surface area (Å²) < 4.78 is 1.48. The normalized spacial score (nSPS) is 15.8. The van der Waals surface area contributed by atoms with E-state index in [0.717, 1.165) is 11.3 Å². The number of aliphatic imine (C=N–C) groups is 1. The molecule has 24 heavy (non-hydrogen) atoms. The van der Waals surface area contributed by atoms with E-state index in [4.69, 9.17) is 0 Å². The van der Waals surface area contributed by atoms with E-state index in [2.05, 4.69) is 15.1 Å². The van der Waals surface area contributed by atoms with Crippen LogP contribution in [-0.2, 0) is 4.79 Å². The Hall–Kier alpha value is -3.54. The minimum Gasteiger partial charge on any atom is -0.266 e. The number of para-hydroxylation sites is 1. The van der Waals surface area contributed by atoms with Gasteiger partial charge in [-0.3, -0.25) is 4.79 Å². The third-order valence-electron chi connectivity index (χ3n) is 3.58. The van der Waals surface area contributed by atoms with Gasteiger partial charge in [-0.15, -0.1) is 0 Å². The summed E-state index contributed by atoms with van der Waals surface area (Å²) in [4.78, 5) is 22.9. The standard InChI is InChI=1S/C18H13N5O/c24-17-16(11-14-7-3-1-4-8-14)21-18(22-13-19-12-20-22)23(17)15-9-5-2-6-10-15/h1-13H/b16-11-. The van der Waals surface area contributed by atoms with E-state index in [9.17, 15) is 4.79 Å². The molecule has 0 saturated heterocycles. The van der Waals surface area contributed by atoms with Crippen LogP contribution >= 0.6 is 0 Å². The number of carbonyl (C=O) groups is 1. The molecule has 0 spiro atoms. The number of carbonyl (C=O) groups excluding carboxylic acids is 1. The molecule has 6 nitrogen and oxygen atoms in total. The van der Waals surface area contributed by atoms with Crippen molar-refractivity contribution in [2.75, 3.05) is 4.90 Å². The molecule has 1 aliphatic rings. The first kappa shape index (κ1) is 14.1. The van der Waals surface area contributed by atoms with Crippen LogP contribution in [0.5, 0.6) is 0 Å². The van der Waals surface area contributed by atoms with Gasteiger partial charge in [0, 0.05) is 0 Å². The van der Waals surface area contributed by atoms with Gasteiger partial charge in [-0.25, -0.2) is 14.9 Å². The lowest BCUT2D eigenvalue weighted by Gasteiger charge is -2.17. The maximum atomic E-state index is 12.9. The van der Waals surface area contributed by atoms with Crippen LogP contribution in [0.2, 0.25) is 0 Å². The van der Waals surface area contributed by atoms with Crippen LogP contribution in [0.15, 0.2) is 84.0 Å². The first-order chi connectivity index (χ1) is 11.8. The molecule has 2 heterocycles. The molecule has 3 aromatic rings. The molecule has 1 aliphatic heterocycles. The van der Waals surface area contributed by atoms with E-state index < -0.39 is 0 Å². The predicted octanol–water partition coefficient (Wildman–Crippen LogP) is 2.57. The van der Waals surface area contributed by atoms with E-state index in [1.54, 1.807) is 6.08 Å². The maximum absolute atomic E-state index is 12.9. The topological polar surface area (TPSA) is 63.4 Å². The average Bonchev–Trinajstić information content (AvgIpc) is 3.26. The Bertz CT molecular complexity index is 915. The Balaban J connectivity index is 1.81. The Morgan fingerprint density at radius 3 is 2.29 bits per heavy atom. The molecule has 0 atom stereocenters. The summed E-state index contributed by atoms with van der Waals surface area (Å²) in [5.74, 6) is 0.210. The lowest BCUT2D eigenvalue weighted by Crippen LogP contribution is -2.36. The van der Waals surface area contributed by atoms with Gasteiger partial charge in [0.25, 0.3) is 5.91 Å². The molecule has 0 radical (unpaired) electrons. The van der Waals surface area contributed by atoms with Gasteiger partial charge in [-0.05, 0) is 23.8 Å². The van der Waals surface area contributed by atoms with Crippen LogP contribution in [-0.4, -0.2) is 26.6 Å². The molecule has 1 amide bonds. The van der Waals surface area contributed by atoms with Crippen LogP contribution in [0.1, 0.15) is 5.56 Å². The van der Waals surface area contributed by atoms with Gasteiger partial charge < -0.3 is 0 Å². The quantitative estimate of drug-likeness (QED) is 0.683. The van der Waals surface area contributed by atoms with Gasteiger partial charge in [0.1, 0.15) is 18.4 Å². The van der Waals surface area contributed by atoms with Gasteiger partial charge >= 0.3 is 0 Å². The molecular formula is C18H13N5O. The predicted molar refractivity (Wildman–Crippen MR) is 91.2 cm³/mol. The summed E-state index contributed by atoms with van der Waals surface area (Å²) in [5, 5.41) is 4.10. The van der Waals surface area contributed by atoms with Crippen molar-refractivity contribution < 1.29 is 4.79 Å². The van der Waals surface area contributed by atoms with Crippen molar-refractivity contribution in [2.45, 2.75) is 0 Å². The Morgan fingerprint density at radius 2 is 1.62 bits per heavy atom. The lowest BCUT2D eigenvalue weighted by atomic mass is 10.2. The highest BCUT2D eigenvalue weighted by molar-refractivity contribution is 6.28. The lowest BCUT2D eigenvalue weighted by molar-refractivity contribution is -0.113. The number of amides is 1. The highest BCUT2D eigenvalue weighted by Gasteiger charge is 2.33. The number of anilines is 1. The summed E-state index contributed by atoms with van der Waals surface area (Å²) in [5.41, 5.74) is 2.00. The van der Waals surface area contributed by atoms with Crippen molar-refractivity contribution in [3.8, 4) is 0 Å². The largest absolute Gasteiger partial charge is 0.283 e. The van der Waals surface area contributed by atoms with Gasteiger partial charge in [-0.1, -0.05) is 48.5 Å². The van der Waals surface area contributed by atoms with Crippen molar-refractivity contribution in [3.05, 3.63) is 84.6 Å². The summed E-state index contributed by atoms with van der Waals surface area (Å²) >= 11 is 0. The molecule has 0 unspecified atom stereocenters. The van der Waals surface area contributed by atoms with E-state index in [1.165, 1.54) is 22.2 Å². The fourth-order valence-corrected chi connectivity index (χ4v) is 2.49. The number of nitrogens with zero attached hydrogens (tertiary/aromatic N) is 5. The molecule has 1 aromatic heterocycles. The number of aromatic nitrogens is 3.